The van der Waals surface area contributed by atoms with Crippen molar-refractivity contribution in [2.24, 2.45) is 5.10 Å². The van der Waals surface area contributed by atoms with E-state index < -0.39 is 5.97 Å². The number of rotatable bonds is 7. The first-order chi connectivity index (χ1) is 13.1. The van der Waals surface area contributed by atoms with Crippen molar-refractivity contribution in [3.8, 4) is 0 Å². The molecule has 138 valence electrons. The molecule has 2 aromatic carbocycles. The third-order valence-electron chi connectivity index (χ3n) is 3.83. The lowest BCUT2D eigenvalue weighted by Gasteiger charge is -2.04. The Bertz CT molecular complexity index is 996. The summed E-state index contributed by atoms with van der Waals surface area (Å²) in [7, 11) is 0. The summed E-state index contributed by atoms with van der Waals surface area (Å²) in [6, 6.07) is 14.1. The highest BCUT2D eigenvalue weighted by Crippen LogP contribution is 2.23. The van der Waals surface area contributed by atoms with Crippen LogP contribution in [-0.4, -0.2) is 38.5 Å². The van der Waals surface area contributed by atoms with Crippen molar-refractivity contribution in [3.05, 3.63) is 59.7 Å². The zero-order valence-corrected chi connectivity index (χ0v) is 15.4. The molecule has 8 heteroatoms. The molecule has 0 aliphatic heterocycles. The van der Waals surface area contributed by atoms with E-state index in [4.69, 9.17) is 5.11 Å². The number of thioether (sulfide) groups is 1. The lowest BCUT2D eigenvalue weighted by molar-refractivity contribution is -0.118. The Morgan fingerprint density at radius 1 is 1.22 bits per heavy atom. The van der Waals surface area contributed by atoms with Gasteiger partial charge in [0.2, 0.25) is 0 Å². The molecule has 0 saturated carbocycles. The van der Waals surface area contributed by atoms with Crippen LogP contribution in [0.4, 0.5) is 0 Å². The van der Waals surface area contributed by atoms with E-state index in [0.717, 1.165) is 22.7 Å². The zero-order valence-electron chi connectivity index (χ0n) is 14.6. The highest BCUT2D eigenvalue weighted by molar-refractivity contribution is 7.99. The van der Waals surface area contributed by atoms with Crippen LogP contribution in [0.25, 0.3) is 11.0 Å². The van der Waals surface area contributed by atoms with Crippen LogP contribution < -0.4 is 5.43 Å². The van der Waals surface area contributed by atoms with Crippen molar-refractivity contribution in [1.29, 1.82) is 0 Å². The van der Waals surface area contributed by atoms with Crippen molar-refractivity contribution in [2.45, 2.75) is 18.6 Å². The molecule has 0 aliphatic rings. The topological polar surface area (TPSA) is 96.6 Å². The van der Waals surface area contributed by atoms with Gasteiger partial charge in [-0.3, -0.25) is 4.79 Å². The average Bonchev–Trinajstić information content (AvgIpc) is 3.04. The summed E-state index contributed by atoms with van der Waals surface area (Å²) in [6.07, 6.45) is 1.47. The molecule has 0 unspecified atom stereocenters. The summed E-state index contributed by atoms with van der Waals surface area (Å²) in [5, 5.41) is 13.6. The Hall–Kier alpha value is -3.13. The van der Waals surface area contributed by atoms with Crippen LogP contribution in [0.3, 0.4) is 0 Å². The van der Waals surface area contributed by atoms with Gasteiger partial charge in [0.05, 0.1) is 28.6 Å². The molecule has 3 rings (SSSR count). The number of carboxylic acids is 1. The monoisotopic (exact) mass is 382 g/mol. The molecule has 3 aromatic rings. The third-order valence-corrected chi connectivity index (χ3v) is 4.81. The lowest BCUT2D eigenvalue weighted by Crippen LogP contribution is -2.20. The smallest absolute Gasteiger partial charge is 0.335 e. The van der Waals surface area contributed by atoms with Gasteiger partial charge in [0.15, 0.2) is 5.16 Å². The van der Waals surface area contributed by atoms with Gasteiger partial charge in [-0.15, -0.1) is 0 Å². The Labute approximate surface area is 160 Å². The number of aromatic carboxylic acids is 1. The minimum absolute atomic E-state index is 0.193. The fourth-order valence-electron chi connectivity index (χ4n) is 2.52. The summed E-state index contributed by atoms with van der Waals surface area (Å²) in [6.45, 7) is 2.81. The van der Waals surface area contributed by atoms with Crippen LogP contribution in [0.2, 0.25) is 0 Å². The zero-order chi connectivity index (χ0) is 19.2. The van der Waals surface area contributed by atoms with E-state index in [1.165, 1.54) is 30.1 Å². The summed E-state index contributed by atoms with van der Waals surface area (Å²) in [5.74, 6) is -1.03. The van der Waals surface area contributed by atoms with Crippen molar-refractivity contribution >= 4 is 40.9 Å². The van der Waals surface area contributed by atoms with Gasteiger partial charge in [-0.1, -0.05) is 36.0 Å². The quantitative estimate of drug-likeness (QED) is 0.372. The number of aryl methyl sites for hydroxylation is 1. The van der Waals surface area contributed by atoms with Crippen LogP contribution in [0, 0.1) is 0 Å². The third kappa shape index (κ3) is 4.53. The van der Waals surface area contributed by atoms with E-state index >= 15 is 0 Å². The maximum atomic E-state index is 12.0. The molecule has 0 fully saturated rings. The number of hydrogen-bond donors (Lipinski definition) is 2. The van der Waals surface area contributed by atoms with E-state index in [0.29, 0.717) is 5.56 Å². The number of para-hydroxylation sites is 2. The number of nitrogens with one attached hydrogen (secondary N) is 1. The van der Waals surface area contributed by atoms with Gasteiger partial charge < -0.3 is 9.67 Å². The SMILES string of the molecule is CCn1c(SCC(=O)N/N=C\c2ccc(C(=O)O)cc2)nc2ccccc21. The van der Waals surface area contributed by atoms with Crippen LogP contribution in [0.1, 0.15) is 22.8 Å². The molecular weight excluding hydrogens is 364 g/mol. The van der Waals surface area contributed by atoms with Gasteiger partial charge in [-0.05, 0) is 36.8 Å². The summed E-state index contributed by atoms with van der Waals surface area (Å²) < 4.78 is 2.07. The average molecular weight is 382 g/mol. The highest BCUT2D eigenvalue weighted by Gasteiger charge is 2.11. The van der Waals surface area contributed by atoms with E-state index in [9.17, 15) is 9.59 Å². The van der Waals surface area contributed by atoms with Gasteiger partial charge in [-0.25, -0.2) is 15.2 Å². The number of carbonyl (C=O) groups excluding carboxylic acids is 1. The second-order valence-corrected chi connectivity index (χ2v) is 6.58. The van der Waals surface area contributed by atoms with E-state index in [-0.39, 0.29) is 17.2 Å². The Morgan fingerprint density at radius 2 is 1.96 bits per heavy atom. The molecule has 7 nitrogen and oxygen atoms in total. The number of benzene rings is 2. The Morgan fingerprint density at radius 3 is 2.67 bits per heavy atom. The molecule has 0 spiro atoms. The Balaban J connectivity index is 1.56. The normalized spacial score (nSPS) is 11.1. The van der Waals surface area contributed by atoms with Gasteiger partial charge in [0.1, 0.15) is 0 Å². The Kier molecular flexibility index (Phi) is 5.87. The van der Waals surface area contributed by atoms with E-state index in [1.54, 1.807) is 12.1 Å². The number of hydrazone groups is 1. The summed E-state index contributed by atoms with van der Waals surface area (Å²) in [4.78, 5) is 27.4. The van der Waals surface area contributed by atoms with Crippen LogP contribution in [0.5, 0.6) is 0 Å². The van der Waals surface area contributed by atoms with Crippen molar-refractivity contribution < 1.29 is 14.7 Å². The predicted molar refractivity (Wildman–Crippen MR) is 105 cm³/mol. The number of fused-ring (bicyclic) bond motifs is 1. The summed E-state index contributed by atoms with van der Waals surface area (Å²) >= 11 is 1.36. The predicted octanol–water partition coefficient (Wildman–Crippen LogP) is 3.00. The number of carbonyl (C=O) groups is 2. The molecule has 2 N–H and O–H groups in total. The minimum Gasteiger partial charge on any atom is -0.478 e. The molecule has 1 heterocycles. The number of nitrogens with zero attached hydrogens (tertiary/aromatic N) is 3. The van der Waals surface area contributed by atoms with E-state index in [1.807, 2.05) is 31.2 Å². The van der Waals surface area contributed by atoms with Crippen molar-refractivity contribution in [1.82, 2.24) is 15.0 Å². The lowest BCUT2D eigenvalue weighted by atomic mass is 10.1. The minimum atomic E-state index is -0.984. The number of hydrogen-bond acceptors (Lipinski definition) is 5. The molecule has 27 heavy (non-hydrogen) atoms. The van der Waals surface area contributed by atoms with E-state index in [2.05, 4.69) is 20.1 Å². The van der Waals surface area contributed by atoms with Crippen LogP contribution >= 0.6 is 11.8 Å². The largest absolute Gasteiger partial charge is 0.478 e. The highest BCUT2D eigenvalue weighted by atomic mass is 32.2. The van der Waals surface area contributed by atoms with Crippen LogP contribution in [0.15, 0.2) is 58.8 Å². The van der Waals surface area contributed by atoms with Crippen LogP contribution in [-0.2, 0) is 11.3 Å². The fourth-order valence-corrected chi connectivity index (χ4v) is 3.39. The maximum absolute atomic E-state index is 12.0. The number of aromatic nitrogens is 2. The fraction of sp³-hybridized carbons (Fsp3) is 0.158. The standard InChI is InChI=1S/C19H18N4O3S/c1-2-23-16-6-4-3-5-15(16)21-19(23)27-12-17(24)22-20-11-13-7-9-14(10-8-13)18(25)26/h3-11H,2,12H2,1H3,(H,22,24)(H,25,26)/b20-11-. The molecule has 0 atom stereocenters. The van der Waals surface area contributed by atoms with Gasteiger partial charge in [-0.2, -0.15) is 5.10 Å². The van der Waals surface area contributed by atoms with Crippen molar-refractivity contribution in [3.63, 3.8) is 0 Å². The first-order valence-electron chi connectivity index (χ1n) is 8.32. The maximum Gasteiger partial charge on any atom is 0.335 e. The molecule has 0 radical (unpaired) electrons. The van der Waals surface area contributed by atoms with Gasteiger partial charge in [0, 0.05) is 6.54 Å². The second kappa shape index (κ2) is 8.50. The van der Waals surface area contributed by atoms with Gasteiger partial charge in [0.25, 0.3) is 5.91 Å². The molecule has 1 amide bonds. The molecule has 0 saturated heterocycles. The van der Waals surface area contributed by atoms with Crippen molar-refractivity contribution in [2.75, 3.05) is 5.75 Å². The summed E-state index contributed by atoms with van der Waals surface area (Å²) in [5.41, 5.74) is 5.32. The number of amides is 1. The second-order valence-electron chi connectivity index (χ2n) is 5.64. The molecule has 1 aromatic heterocycles. The molecular formula is C19H18N4O3S. The first-order valence-corrected chi connectivity index (χ1v) is 9.30. The first kappa shape index (κ1) is 18.7. The van der Waals surface area contributed by atoms with Gasteiger partial charge >= 0.3 is 5.97 Å². The molecule has 0 bridgehead atoms. The molecule has 0 aliphatic carbocycles. The number of imidazole rings is 1. The number of carboxylic acid groups (broad SMARTS) is 1.